The largest absolute Gasteiger partial charge is 0.496 e. The van der Waals surface area contributed by atoms with E-state index in [2.05, 4.69) is 21.7 Å². The maximum Gasteiger partial charge on any atom is 0.226 e. The average Bonchev–Trinajstić information content (AvgIpc) is 3.54. The van der Waals surface area contributed by atoms with Gasteiger partial charge in [-0.3, -0.25) is 9.69 Å². The van der Waals surface area contributed by atoms with E-state index in [1.807, 2.05) is 12.1 Å². The van der Waals surface area contributed by atoms with E-state index in [9.17, 15) is 4.79 Å². The number of piperidine rings is 1. The average molecular weight is 432 g/mol. The zero-order chi connectivity index (χ0) is 22.0. The summed E-state index contributed by atoms with van der Waals surface area (Å²) in [5, 5.41) is 0. The second kappa shape index (κ2) is 9.25. The number of methoxy groups -OCH3 is 3. The number of rotatable bonds is 6. The molecule has 1 saturated carbocycles. The molecule has 7 nitrogen and oxygen atoms in total. The molecular weight excluding hydrogens is 394 g/mol. The lowest BCUT2D eigenvalue weighted by molar-refractivity contribution is -0.133. The van der Waals surface area contributed by atoms with Crippen molar-refractivity contribution in [3.8, 4) is 17.2 Å². The third kappa shape index (κ3) is 4.62. The van der Waals surface area contributed by atoms with E-state index < -0.39 is 0 Å². The maximum atomic E-state index is 13.1. The molecule has 0 radical (unpaired) electrons. The highest BCUT2D eigenvalue weighted by molar-refractivity contribution is 5.82. The molecule has 1 unspecified atom stereocenters. The molecule has 31 heavy (non-hydrogen) atoms. The van der Waals surface area contributed by atoms with Crippen molar-refractivity contribution < 1.29 is 19.0 Å². The Morgan fingerprint density at radius 2 is 1.61 bits per heavy atom. The van der Waals surface area contributed by atoms with E-state index in [-0.39, 0.29) is 11.3 Å². The van der Waals surface area contributed by atoms with E-state index in [1.165, 1.54) is 0 Å². The minimum atomic E-state index is 0.244. The first kappa shape index (κ1) is 22.2. The first-order chi connectivity index (χ1) is 15.0. The standard InChI is InChI=1S/C24H37N3O4/c1-25-8-5-9-27(13-12-25)23(28)19-16-24(19)6-10-26(11-7-24)17-18-14-21(30-3)22(31-4)15-20(18)29-2/h14-15,19H,5-13,16-17H2,1-4H3. The van der Waals surface area contributed by atoms with Gasteiger partial charge in [0.2, 0.25) is 5.91 Å². The molecule has 172 valence electrons. The van der Waals surface area contributed by atoms with Crippen LogP contribution in [-0.2, 0) is 11.3 Å². The lowest BCUT2D eigenvalue weighted by atomic mass is 9.90. The number of likely N-dealkylation sites (N-methyl/N-ethyl adjacent to an activating group) is 1. The molecule has 1 aliphatic carbocycles. The molecule has 1 atom stereocenters. The number of amides is 1. The fourth-order valence-corrected chi connectivity index (χ4v) is 5.35. The van der Waals surface area contributed by atoms with Crippen LogP contribution in [-0.4, -0.2) is 88.3 Å². The topological polar surface area (TPSA) is 54.5 Å². The molecule has 2 heterocycles. The van der Waals surface area contributed by atoms with Gasteiger partial charge in [-0.15, -0.1) is 0 Å². The van der Waals surface area contributed by atoms with Gasteiger partial charge in [0.1, 0.15) is 5.75 Å². The molecule has 1 aromatic carbocycles. The summed E-state index contributed by atoms with van der Waals surface area (Å²) in [4.78, 5) is 20.1. The molecule has 0 N–H and O–H groups in total. The van der Waals surface area contributed by atoms with Gasteiger partial charge in [0.05, 0.1) is 21.3 Å². The van der Waals surface area contributed by atoms with Crippen LogP contribution in [0.15, 0.2) is 12.1 Å². The van der Waals surface area contributed by atoms with Crippen LogP contribution in [0.25, 0.3) is 0 Å². The number of carbonyl (C=O) groups excluding carboxylic acids is 1. The summed E-state index contributed by atoms with van der Waals surface area (Å²) in [7, 11) is 7.14. The number of hydrogen-bond acceptors (Lipinski definition) is 6. The Morgan fingerprint density at radius 1 is 0.935 bits per heavy atom. The molecule has 7 heteroatoms. The predicted octanol–water partition coefficient (Wildman–Crippen LogP) is 2.48. The predicted molar refractivity (Wildman–Crippen MR) is 120 cm³/mol. The highest BCUT2D eigenvalue weighted by Crippen LogP contribution is 2.60. The first-order valence-corrected chi connectivity index (χ1v) is 11.5. The van der Waals surface area contributed by atoms with E-state index >= 15 is 0 Å². The van der Waals surface area contributed by atoms with Gasteiger partial charge in [-0.2, -0.15) is 0 Å². The SMILES string of the molecule is COc1cc(OC)c(OC)cc1CN1CCC2(CC1)CC2C(=O)N1CCCN(C)CC1. The van der Waals surface area contributed by atoms with Crippen molar-refractivity contribution in [1.29, 1.82) is 0 Å². The van der Waals surface area contributed by atoms with Gasteiger partial charge in [-0.05, 0) is 63.8 Å². The number of likely N-dealkylation sites (tertiary alicyclic amines) is 1. The monoisotopic (exact) mass is 431 g/mol. The van der Waals surface area contributed by atoms with Gasteiger partial charge in [-0.25, -0.2) is 0 Å². The molecule has 2 aliphatic heterocycles. The van der Waals surface area contributed by atoms with Crippen molar-refractivity contribution in [2.24, 2.45) is 11.3 Å². The van der Waals surface area contributed by atoms with E-state index in [0.717, 1.165) is 88.6 Å². The normalized spacial score (nSPS) is 24.0. The van der Waals surface area contributed by atoms with Crippen LogP contribution in [0.4, 0.5) is 0 Å². The minimum absolute atomic E-state index is 0.244. The van der Waals surface area contributed by atoms with Crippen LogP contribution in [0.2, 0.25) is 0 Å². The van der Waals surface area contributed by atoms with Crippen molar-refractivity contribution in [1.82, 2.24) is 14.7 Å². The first-order valence-electron chi connectivity index (χ1n) is 11.5. The fourth-order valence-electron chi connectivity index (χ4n) is 5.35. The Labute approximate surface area is 186 Å². The second-order valence-electron chi connectivity index (χ2n) is 9.40. The summed E-state index contributed by atoms with van der Waals surface area (Å²) in [6.45, 7) is 6.74. The smallest absolute Gasteiger partial charge is 0.226 e. The summed E-state index contributed by atoms with van der Waals surface area (Å²) in [5.41, 5.74) is 1.35. The van der Waals surface area contributed by atoms with Crippen LogP contribution >= 0.6 is 0 Å². The molecule has 1 spiro atoms. The van der Waals surface area contributed by atoms with Crippen molar-refractivity contribution in [2.45, 2.75) is 32.2 Å². The zero-order valence-electron chi connectivity index (χ0n) is 19.5. The summed E-state index contributed by atoms with van der Waals surface area (Å²) < 4.78 is 16.5. The molecule has 0 aromatic heterocycles. The number of hydrogen-bond donors (Lipinski definition) is 0. The number of carbonyl (C=O) groups is 1. The Kier molecular flexibility index (Phi) is 6.63. The number of benzene rings is 1. The number of nitrogens with zero attached hydrogens (tertiary/aromatic N) is 3. The third-order valence-corrected chi connectivity index (χ3v) is 7.55. The number of ether oxygens (including phenoxy) is 3. The van der Waals surface area contributed by atoms with Crippen LogP contribution in [0.1, 0.15) is 31.2 Å². The molecule has 1 amide bonds. The van der Waals surface area contributed by atoms with Gasteiger partial charge in [-0.1, -0.05) is 0 Å². The molecule has 1 aromatic rings. The minimum Gasteiger partial charge on any atom is -0.496 e. The van der Waals surface area contributed by atoms with Crippen LogP contribution in [0, 0.1) is 11.3 Å². The molecule has 3 aliphatic rings. The molecule has 2 saturated heterocycles. The zero-order valence-corrected chi connectivity index (χ0v) is 19.5. The van der Waals surface area contributed by atoms with E-state index in [4.69, 9.17) is 14.2 Å². The fraction of sp³-hybridized carbons (Fsp3) is 0.708. The summed E-state index contributed by atoms with van der Waals surface area (Å²) in [6.07, 6.45) is 4.37. The lowest BCUT2D eigenvalue weighted by Crippen LogP contribution is -2.39. The van der Waals surface area contributed by atoms with Crippen molar-refractivity contribution in [3.05, 3.63) is 17.7 Å². The Hall–Kier alpha value is -1.99. The molecule has 4 rings (SSSR count). The van der Waals surface area contributed by atoms with Crippen molar-refractivity contribution in [3.63, 3.8) is 0 Å². The second-order valence-corrected chi connectivity index (χ2v) is 9.40. The summed E-state index contributed by atoms with van der Waals surface area (Å²) in [5.74, 6) is 2.88. The van der Waals surface area contributed by atoms with Crippen LogP contribution in [0.3, 0.4) is 0 Å². The third-order valence-electron chi connectivity index (χ3n) is 7.55. The van der Waals surface area contributed by atoms with Gasteiger partial charge < -0.3 is 24.0 Å². The Balaban J connectivity index is 1.34. The van der Waals surface area contributed by atoms with Crippen LogP contribution < -0.4 is 14.2 Å². The van der Waals surface area contributed by atoms with Crippen LogP contribution in [0.5, 0.6) is 17.2 Å². The highest BCUT2D eigenvalue weighted by Gasteiger charge is 2.59. The van der Waals surface area contributed by atoms with Crippen molar-refractivity contribution >= 4 is 5.91 Å². The summed E-state index contributed by atoms with van der Waals surface area (Å²) >= 11 is 0. The lowest BCUT2D eigenvalue weighted by Gasteiger charge is -2.33. The molecular formula is C24H37N3O4. The van der Waals surface area contributed by atoms with E-state index in [0.29, 0.717) is 11.7 Å². The maximum absolute atomic E-state index is 13.1. The van der Waals surface area contributed by atoms with Crippen molar-refractivity contribution in [2.75, 3.05) is 67.6 Å². The Morgan fingerprint density at radius 3 is 2.29 bits per heavy atom. The van der Waals surface area contributed by atoms with Gasteiger partial charge in [0, 0.05) is 43.7 Å². The van der Waals surface area contributed by atoms with Gasteiger partial charge in [0.25, 0.3) is 0 Å². The van der Waals surface area contributed by atoms with E-state index in [1.54, 1.807) is 21.3 Å². The highest BCUT2D eigenvalue weighted by atomic mass is 16.5. The summed E-state index contributed by atoms with van der Waals surface area (Å²) in [6, 6.07) is 3.91. The molecule has 3 fully saturated rings. The van der Waals surface area contributed by atoms with Gasteiger partial charge >= 0.3 is 0 Å². The molecule has 0 bridgehead atoms. The quantitative estimate of drug-likeness (QED) is 0.690. The van der Waals surface area contributed by atoms with Gasteiger partial charge in [0.15, 0.2) is 11.5 Å². The Bertz CT molecular complexity index is 791.